The summed E-state index contributed by atoms with van der Waals surface area (Å²) in [5.41, 5.74) is -0.0935. The van der Waals surface area contributed by atoms with Gasteiger partial charge in [-0.2, -0.15) is 13.2 Å². The molecule has 1 saturated heterocycles. The van der Waals surface area contributed by atoms with Crippen LogP contribution in [0.1, 0.15) is 29.8 Å². The van der Waals surface area contributed by atoms with Crippen molar-refractivity contribution in [2.24, 2.45) is 0 Å². The zero-order chi connectivity index (χ0) is 12.8. The average Bonchev–Trinajstić information content (AvgIpc) is 2.97. The Morgan fingerprint density at radius 1 is 1.06 bits per heavy atom. The van der Waals surface area contributed by atoms with Crippen molar-refractivity contribution in [2.75, 3.05) is 18.0 Å². The molecule has 0 aliphatic carbocycles. The third-order valence-electron chi connectivity index (χ3n) is 3.33. The molecule has 0 atom stereocenters. The molecule has 18 heavy (non-hydrogen) atoms. The van der Waals surface area contributed by atoms with Gasteiger partial charge in [-0.05, 0) is 12.8 Å². The van der Waals surface area contributed by atoms with Gasteiger partial charge in [-0.3, -0.25) is 0 Å². The first-order chi connectivity index (χ1) is 8.55. The molecule has 0 aromatic carbocycles. The zero-order valence-corrected chi connectivity index (χ0v) is 9.72. The van der Waals surface area contributed by atoms with E-state index in [1.165, 1.54) is 0 Å². The molecule has 2 aliphatic heterocycles. The summed E-state index contributed by atoms with van der Waals surface area (Å²) in [5, 5.41) is 2.90. The number of halogens is 3. The molecule has 0 bridgehead atoms. The van der Waals surface area contributed by atoms with Gasteiger partial charge in [0.1, 0.15) is 0 Å². The SMILES string of the molecule is FC(F)(F)c1nc(N2CCCC2)nc2c1CNC2. The monoisotopic (exact) mass is 258 g/mol. The van der Waals surface area contributed by atoms with E-state index in [1.807, 2.05) is 4.90 Å². The maximum Gasteiger partial charge on any atom is 0.433 e. The second-order valence-corrected chi connectivity index (χ2v) is 4.59. The number of nitrogens with one attached hydrogen (secondary N) is 1. The topological polar surface area (TPSA) is 41.1 Å². The lowest BCUT2D eigenvalue weighted by Crippen LogP contribution is -2.24. The van der Waals surface area contributed by atoms with Crippen LogP contribution in [0.25, 0.3) is 0 Å². The molecule has 0 unspecified atom stereocenters. The normalized spacial score (nSPS) is 19.4. The van der Waals surface area contributed by atoms with Crippen molar-refractivity contribution in [3.63, 3.8) is 0 Å². The maximum absolute atomic E-state index is 13.0. The number of anilines is 1. The summed E-state index contributed by atoms with van der Waals surface area (Å²) in [7, 11) is 0. The minimum absolute atomic E-state index is 0.199. The van der Waals surface area contributed by atoms with Crippen LogP contribution in [0.5, 0.6) is 0 Å². The molecule has 7 heteroatoms. The predicted octanol–water partition coefficient (Wildman–Crippen LogP) is 1.70. The van der Waals surface area contributed by atoms with E-state index in [-0.39, 0.29) is 18.1 Å². The summed E-state index contributed by atoms with van der Waals surface area (Å²) >= 11 is 0. The largest absolute Gasteiger partial charge is 0.433 e. The van der Waals surface area contributed by atoms with E-state index in [4.69, 9.17) is 0 Å². The van der Waals surface area contributed by atoms with Crippen molar-refractivity contribution < 1.29 is 13.2 Å². The fourth-order valence-corrected chi connectivity index (χ4v) is 2.45. The van der Waals surface area contributed by atoms with Crippen molar-refractivity contribution in [3.8, 4) is 0 Å². The molecule has 1 aromatic rings. The van der Waals surface area contributed by atoms with Crippen molar-refractivity contribution >= 4 is 5.95 Å². The van der Waals surface area contributed by atoms with E-state index in [1.54, 1.807) is 0 Å². The number of aromatic nitrogens is 2. The summed E-state index contributed by atoms with van der Waals surface area (Å²) in [6.07, 6.45) is -2.44. The van der Waals surface area contributed by atoms with Crippen molar-refractivity contribution in [2.45, 2.75) is 32.1 Å². The third-order valence-corrected chi connectivity index (χ3v) is 3.33. The lowest BCUT2D eigenvalue weighted by atomic mass is 10.2. The van der Waals surface area contributed by atoms with Crippen LogP contribution in [-0.2, 0) is 19.3 Å². The van der Waals surface area contributed by atoms with Crippen molar-refractivity contribution in [1.82, 2.24) is 15.3 Å². The molecule has 98 valence electrons. The molecule has 1 fully saturated rings. The van der Waals surface area contributed by atoms with Crippen LogP contribution in [0.2, 0.25) is 0 Å². The molecular formula is C11H13F3N4. The molecule has 3 heterocycles. The van der Waals surface area contributed by atoms with Crippen LogP contribution in [0.4, 0.5) is 19.1 Å². The molecule has 1 aromatic heterocycles. The van der Waals surface area contributed by atoms with E-state index >= 15 is 0 Å². The third kappa shape index (κ3) is 1.92. The fourth-order valence-electron chi connectivity index (χ4n) is 2.45. The highest BCUT2D eigenvalue weighted by Gasteiger charge is 2.39. The molecule has 0 saturated carbocycles. The van der Waals surface area contributed by atoms with Gasteiger partial charge in [0, 0.05) is 31.7 Å². The van der Waals surface area contributed by atoms with Gasteiger partial charge in [0.2, 0.25) is 5.95 Å². The van der Waals surface area contributed by atoms with Gasteiger partial charge in [0.15, 0.2) is 5.69 Å². The number of hydrogen-bond donors (Lipinski definition) is 1. The van der Waals surface area contributed by atoms with Gasteiger partial charge in [-0.1, -0.05) is 0 Å². The van der Waals surface area contributed by atoms with E-state index < -0.39 is 11.9 Å². The van der Waals surface area contributed by atoms with Gasteiger partial charge < -0.3 is 10.2 Å². The average molecular weight is 258 g/mol. The molecule has 2 aliphatic rings. The number of fused-ring (bicyclic) bond motifs is 1. The van der Waals surface area contributed by atoms with Gasteiger partial charge in [0.25, 0.3) is 0 Å². The lowest BCUT2D eigenvalue weighted by Gasteiger charge is -2.18. The second kappa shape index (κ2) is 4.08. The van der Waals surface area contributed by atoms with E-state index in [2.05, 4.69) is 15.3 Å². The molecule has 0 amide bonds. The Labute approximate surface area is 102 Å². The summed E-state index contributed by atoms with van der Waals surface area (Å²) in [6, 6.07) is 0. The van der Waals surface area contributed by atoms with Crippen LogP contribution < -0.4 is 10.2 Å². The highest BCUT2D eigenvalue weighted by molar-refractivity contribution is 5.40. The van der Waals surface area contributed by atoms with Crippen molar-refractivity contribution in [1.29, 1.82) is 0 Å². The summed E-state index contributed by atoms with van der Waals surface area (Å²) < 4.78 is 38.9. The Bertz CT molecular complexity index is 466. The highest BCUT2D eigenvalue weighted by Crippen LogP contribution is 2.34. The van der Waals surface area contributed by atoms with E-state index in [9.17, 15) is 13.2 Å². The fraction of sp³-hybridized carbons (Fsp3) is 0.636. The molecule has 4 nitrogen and oxygen atoms in total. The molecule has 3 rings (SSSR count). The minimum atomic E-state index is -4.41. The van der Waals surface area contributed by atoms with Crippen LogP contribution in [0, 0.1) is 0 Å². The lowest BCUT2D eigenvalue weighted by molar-refractivity contribution is -0.141. The zero-order valence-electron chi connectivity index (χ0n) is 9.72. The highest BCUT2D eigenvalue weighted by atomic mass is 19.4. The van der Waals surface area contributed by atoms with Crippen LogP contribution in [0.15, 0.2) is 0 Å². The smallest absolute Gasteiger partial charge is 0.341 e. The van der Waals surface area contributed by atoms with Crippen molar-refractivity contribution in [3.05, 3.63) is 17.0 Å². The Hall–Kier alpha value is -1.37. The molecule has 0 spiro atoms. The number of nitrogens with zero attached hydrogens (tertiary/aromatic N) is 3. The summed E-state index contributed by atoms with van der Waals surface area (Å²) in [5.74, 6) is 0.224. The number of hydrogen-bond acceptors (Lipinski definition) is 4. The molecule has 1 N–H and O–H groups in total. The Balaban J connectivity index is 2.07. The Morgan fingerprint density at radius 2 is 1.78 bits per heavy atom. The quantitative estimate of drug-likeness (QED) is 0.832. The van der Waals surface area contributed by atoms with Gasteiger partial charge >= 0.3 is 6.18 Å². The minimum Gasteiger partial charge on any atom is -0.341 e. The van der Waals surface area contributed by atoms with Crippen LogP contribution in [0.3, 0.4) is 0 Å². The number of rotatable bonds is 1. The van der Waals surface area contributed by atoms with E-state index in [0.717, 1.165) is 25.9 Å². The first-order valence-corrected chi connectivity index (χ1v) is 5.98. The Morgan fingerprint density at radius 3 is 2.44 bits per heavy atom. The van der Waals surface area contributed by atoms with Gasteiger partial charge in [-0.15, -0.1) is 0 Å². The van der Waals surface area contributed by atoms with E-state index in [0.29, 0.717) is 12.2 Å². The standard InChI is InChI=1S/C11H13F3N4/c12-11(13,14)9-7-5-15-6-8(7)16-10(17-9)18-3-1-2-4-18/h15H,1-6H2. The molecular weight excluding hydrogens is 245 g/mol. The van der Waals surface area contributed by atoms with Gasteiger partial charge in [0.05, 0.1) is 5.69 Å². The first-order valence-electron chi connectivity index (χ1n) is 5.98. The Kier molecular flexibility index (Phi) is 2.65. The van der Waals surface area contributed by atoms with Crippen LogP contribution in [-0.4, -0.2) is 23.1 Å². The summed E-state index contributed by atoms with van der Waals surface area (Å²) in [4.78, 5) is 9.84. The molecule has 0 radical (unpaired) electrons. The predicted molar refractivity (Wildman–Crippen MR) is 59.0 cm³/mol. The summed E-state index contributed by atoms with van der Waals surface area (Å²) in [6.45, 7) is 2.07. The van der Waals surface area contributed by atoms with Crippen LogP contribution >= 0.6 is 0 Å². The second-order valence-electron chi connectivity index (χ2n) is 4.59. The maximum atomic E-state index is 13.0. The first kappa shape index (κ1) is 11.7. The van der Waals surface area contributed by atoms with Gasteiger partial charge in [-0.25, -0.2) is 9.97 Å². The number of alkyl halides is 3.